The van der Waals surface area contributed by atoms with Gasteiger partial charge in [0.15, 0.2) is 0 Å². The normalized spacial score (nSPS) is 32.9. The van der Waals surface area contributed by atoms with Gasteiger partial charge in [-0.1, -0.05) is 38.4 Å². The van der Waals surface area contributed by atoms with Gasteiger partial charge < -0.3 is 23.9 Å². The first-order valence-corrected chi connectivity index (χ1v) is 10.7. The first kappa shape index (κ1) is 20.2. The Bertz CT molecular complexity index is 1050. The fraction of sp³-hybridized carbons (Fsp3) is 0.545. The molecule has 2 aromatic rings. The van der Waals surface area contributed by atoms with Crippen molar-refractivity contribution in [1.29, 1.82) is 0 Å². The molecule has 30 heavy (non-hydrogen) atoms. The van der Waals surface area contributed by atoms with Crippen LogP contribution in [0.3, 0.4) is 0 Å². The zero-order chi connectivity index (χ0) is 21.1. The van der Waals surface area contributed by atoms with Crippen LogP contribution in [-0.2, 0) is 14.2 Å². The van der Waals surface area contributed by atoms with Crippen LogP contribution in [-0.4, -0.2) is 58.0 Å². The Morgan fingerprint density at radius 3 is 2.83 bits per heavy atom. The third-order valence-corrected chi connectivity index (χ3v) is 7.67. The molecule has 1 N–H and O–H groups in total. The Kier molecular flexibility index (Phi) is 4.79. The summed E-state index contributed by atoms with van der Waals surface area (Å²) in [6.45, 7) is 7.27. The number of aliphatic hydroxyl groups is 1. The second-order valence-electron chi connectivity index (χ2n) is 8.65. The number of hydrogen-bond acceptors (Lipinski definition) is 6. The molecule has 4 atom stereocenters. The van der Waals surface area contributed by atoms with Gasteiger partial charge in [0.25, 0.3) is 0 Å². The first-order valence-electron chi connectivity index (χ1n) is 10.3. The van der Waals surface area contributed by atoms with Crippen LogP contribution in [0, 0.1) is 10.8 Å². The van der Waals surface area contributed by atoms with E-state index < -0.39 is 10.8 Å². The maximum absolute atomic E-state index is 10.2. The third-order valence-electron chi connectivity index (χ3n) is 7.37. The van der Waals surface area contributed by atoms with Gasteiger partial charge in [-0.15, -0.1) is 0 Å². The van der Waals surface area contributed by atoms with Gasteiger partial charge in [0.05, 0.1) is 24.7 Å². The molecule has 0 saturated carbocycles. The van der Waals surface area contributed by atoms with Crippen LogP contribution in [0.2, 0.25) is 5.15 Å². The molecule has 2 aromatic heterocycles. The van der Waals surface area contributed by atoms with Crippen LogP contribution in [0.4, 0.5) is 0 Å². The highest BCUT2D eigenvalue weighted by atomic mass is 35.5. The second kappa shape index (κ2) is 7.14. The number of fused-ring (bicyclic) bond motifs is 2. The highest BCUT2D eigenvalue weighted by molar-refractivity contribution is 6.34. The zero-order valence-corrected chi connectivity index (χ0v) is 18.1. The van der Waals surface area contributed by atoms with Crippen molar-refractivity contribution in [1.82, 2.24) is 14.5 Å². The molecular weight excluding hydrogens is 406 g/mol. The predicted molar refractivity (Wildman–Crippen MR) is 113 cm³/mol. The van der Waals surface area contributed by atoms with Crippen molar-refractivity contribution in [2.75, 3.05) is 20.0 Å². The Morgan fingerprint density at radius 1 is 1.23 bits per heavy atom. The molecule has 0 aromatic carbocycles. The smallest absolute Gasteiger partial charge is 0.149 e. The molecule has 1 unspecified atom stereocenters. The number of nitrogens with zero attached hydrogens (tertiary/aromatic N) is 3. The number of hydrogen-bond donors (Lipinski definition) is 1. The number of allylic oxidation sites excluding steroid dienone is 2. The lowest BCUT2D eigenvalue weighted by atomic mass is 9.53. The van der Waals surface area contributed by atoms with Crippen molar-refractivity contribution in [2.24, 2.45) is 10.8 Å². The fourth-order valence-electron chi connectivity index (χ4n) is 5.68. The average Bonchev–Trinajstić information content (AvgIpc) is 3.44. The Labute approximate surface area is 180 Å². The average molecular weight is 432 g/mol. The predicted octanol–water partition coefficient (Wildman–Crippen LogP) is 3.42. The zero-order valence-electron chi connectivity index (χ0n) is 17.3. The number of halogens is 1. The molecule has 8 heteroatoms. The lowest BCUT2D eigenvalue weighted by Crippen LogP contribution is -2.55. The van der Waals surface area contributed by atoms with E-state index in [1.807, 2.05) is 18.3 Å². The van der Waals surface area contributed by atoms with E-state index in [1.165, 1.54) is 6.33 Å². The van der Waals surface area contributed by atoms with Crippen LogP contribution in [0.5, 0.6) is 0 Å². The Balaban J connectivity index is 1.75. The van der Waals surface area contributed by atoms with Gasteiger partial charge in [-0.3, -0.25) is 0 Å². The molecule has 2 saturated heterocycles. The van der Waals surface area contributed by atoms with Gasteiger partial charge in [0.1, 0.15) is 36.1 Å². The molecule has 0 spiro atoms. The largest absolute Gasteiger partial charge is 0.392 e. The van der Waals surface area contributed by atoms with Gasteiger partial charge in [0.2, 0.25) is 0 Å². The number of ether oxygens (including phenoxy) is 3. The molecule has 7 nitrogen and oxygen atoms in total. The Morgan fingerprint density at radius 2 is 2.07 bits per heavy atom. The van der Waals surface area contributed by atoms with E-state index in [2.05, 4.69) is 41.4 Å². The number of aromatic nitrogens is 3. The van der Waals surface area contributed by atoms with Gasteiger partial charge >= 0.3 is 0 Å². The van der Waals surface area contributed by atoms with E-state index in [9.17, 15) is 5.11 Å². The van der Waals surface area contributed by atoms with Gasteiger partial charge in [-0.05, 0) is 24.1 Å². The van der Waals surface area contributed by atoms with E-state index in [0.29, 0.717) is 11.8 Å². The lowest BCUT2D eigenvalue weighted by molar-refractivity contribution is -0.102. The molecule has 160 valence electrons. The summed E-state index contributed by atoms with van der Waals surface area (Å²) < 4.78 is 20.2. The van der Waals surface area contributed by atoms with E-state index in [1.54, 1.807) is 0 Å². The summed E-state index contributed by atoms with van der Waals surface area (Å²) in [4.78, 5) is 8.63. The summed E-state index contributed by atoms with van der Waals surface area (Å²) in [6, 6.07) is 1.94. The quantitative estimate of drug-likeness (QED) is 0.747. The molecule has 2 aliphatic heterocycles. The molecule has 2 fully saturated rings. The van der Waals surface area contributed by atoms with Crippen molar-refractivity contribution in [2.45, 2.75) is 45.5 Å². The molecule has 0 radical (unpaired) electrons. The minimum atomic E-state index is -0.490. The molecule has 4 heterocycles. The third kappa shape index (κ3) is 2.53. The minimum absolute atomic E-state index is 0.0167. The maximum atomic E-state index is 10.2. The van der Waals surface area contributed by atoms with Gasteiger partial charge in [-0.2, -0.15) is 0 Å². The number of aliphatic hydroxyl groups excluding tert-OH is 1. The van der Waals surface area contributed by atoms with Crippen LogP contribution < -0.4 is 0 Å². The van der Waals surface area contributed by atoms with E-state index in [-0.39, 0.29) is 31.7 Å². The summed E-state index contributed by atoms with van der Waals surface area (Å²) >= 11 is 6.33. The minimum Gasteiger partial charge on any atom is -0.392 e. The first-order chi connectivity index (χ1) is 14.5. The summed E-state index contributed by atoms with van der Waals surface area (Å²) in [5, 5.41) is 11.4. The molecule has 1 aliphatic carbocycles. The van der Waals surface area contributed by atoms with Crippen molar-refractivity contribution in [3.63, 3.8) is 0 Å². The van der Waals surface area contributed by atoms with Gasteiger partial charge in [-0.25, -0.2) is 9.97 Å². The highest BCUT2D eigenvalue weighted by Crippen LogP contribution is 2.61. The molecular formula is C22H26ClN3O4. The van der Waals surface area contributed by atoms with Crippen molar-refractivity contribution < 1.29 is 19.3 Å². The van der Waals surface area contributed by atoms with Crippen LogP contribution >= 0.6 is 11.6 Å². The van der Waals surface area contributed by atoms with Crippen LogP contribution in [0.1, 0.15) is 27.2 Å². The summed E-state index contributed by atoms with van der Waals surface area (Å²) in [5.41, 5.74) is 1.85. The monoisotopic (exact) mass is 431 g/mol. The highest BCUT2D eigenvalue weighted by Gasteiger charge is 2.62. The van der Waals surface area contributed by atoms with Crippen molar-refractivity contribution >= 4 is 28.3 Å². The molecule has 3 aliphatic rings. The Hall–Kier alpha value is -1.77. The molecule has 5 rings (SSSR count). The molecule has 0 amide bonds. The topological polar surface area (TPSA) is 78.6 Å². The van der Waals surface area contributed by atoms with E-state index in [4.69, 9.17) is 25.8 Å². The maximum Gasteiger partial charge on any atom is 0.149 e. The lowest BCUT2D eigenvalue weighted by Gasteiger charge is -2.54. The van der Waals surface area contributed by atoms with E-state index in [0.717, 1.165) is 28.7 Å². The van der Waals surface area contributed by atoms with Crippen molar-refractivity contribution in [3.05, 3.63) is 41.5 Å². The molecule has 0 bridgehead atoms. The number of rotatable bonds is 4. The summed E-state index contributed by atoms with van der Waals surface area (Å²) in [6.07, 6.45) is 7.85. The van der Waals surface area contributed by atoms with Crippen LogP contribution in [0.15, 0.2) is 36.3 Å². The summed E-state index contributed by atoms with van der Waals surface area (Å²) in [7, 11) is 0. The summed E-state index contributed by atoms with van der Waals surface area (Å²) in [5.74, 6) is 0. The van der Waals surface area contributed by atoms with Crippen molar-refractivity contribution in [3.8, 4) is 0 Å². The van der Waals surface area contributed by atoms with Gasteiger partial charge in [0, 0.05) is 22.7 Å². The SMILES string of the molecule is CCC1([C@H]2OC[C@H]3OCO[C@@H]32)C(n2ccc3c(Cl)ncnc32)=CC=C(CO)C1(C)C. The van der Waals surface area contributed by atoms with E-state index >= 15 is 0 Å². The standard InChI is InChI=1S/C22H26ClN3O4/c1-4-22(18-17-15(10-28-18)29-12-30-17)16(6-5-13(9-27)21(22,2)3)26-8-7-14-19(23)24-11-25-20(14)26/h5-8,11,15,17-18,27H,4,9-10,12H2,1-3H3/t15-,17+,18+,22?/m1/s1. The fourth-order valence-corrected chi connectivity index (χ4v) is 5.87. The van der Waals surface area contributed by atoms with Crippen LogP contribution in [0.25, 0.3) is 16.7 Å². The second-order valence-corrected chi connectivity index (χ2v) is 9.01.